The van der Waals surface area contributed by atoms with Crippen LogP contribution in [0, 0.1) is 6.92 Å². The molecule has 0 amide bonds. The summed E-state index contributed by atoms with van der Waals surface area (Å²) in [7, 11) is 0. The van der Waals surface area contributed by atoms with Gasteiger partial charge >= 0.3 is 0 Å². The Morgan fingerprint density at radius 3 is 2.63 bits per heavy atom. The lowest BCUT2D eigenvalue weighted by Crippen LogP contribution is -2.57. The number of hydrogen-bond acceptors (Lipinski definition) is 5. The van der Waals surface area contributed by atoms with E-state index in [1.54, 1.807) is 0 Å². The van der Waals surface area contributed by atoms with Gasteiger partial charge in [-0.25, -0.2) is 4.98 Å². The van der Waals surface area contributed by atoms with Gasteiger partial charge in [-0.3, -0.25) is 14.6 Å². The Morgan fingerprint density at radius 1 is 1.37 bits per heavy atom. The zero-order valence-corrected chi connectivity index (χ0v) is 11.2. The summed E-state index contributed by atoms with van der Waals surface area (Å²) < 4.78 is 0. The number of aliphatic hydroxyl groups excluding tert-OH is 1. The third kappa shape index (κ3) is 2.31. The molecule has 104 valence electrons. The molecule has 3 aliphatic rings. The van der Waals surface area contributed by atoms with Crippen LogP contribution in [0.3, 0.4) is 0 Å². The molecule has 2 bridgehead atoms. The van der Waals surface area contributed by atoms with Gasteiger partial charge < -0.3 is 10.1 Å². The molecule has 0 saturated carbocycles. The Balaban J connectivity index is 1.91. The molecule has 2 N–H and O–H groups in total. The number of hydrogen-bond donors (Lipinski definition) is 2. The number of rotatable bonds is 3. The predicted molar refractivity (Wildman–Crippen MR) is 71.1 cm³/mol. The van der Waals surface area contributed by atoms with E-state index in [2.05, 4.69) is 19.8 Å². The second-order valence-corrected chi connectivity index (χ2v) is 5.34. The summed E-state index contributed by atoms with van der Waals surface area (Å²) in [6.07, 6.45) is 0.370. The van der Waals surface area contributed by atoms with Crippen LogP contribution in [0.25, 0.3) is 0 Å². The lowest BCUT2D eigenvalue weighted by Gasteiger charge is -2.46. The first-order valence-corrected chi connectivity index (χ1v) is 6.86. The monoisotopic (exact) mass is 264 g/mol. The average molecular weight is 264 g/mol. The molecule has 1 unspecified atom stereocenters. The third-order valence-corrected chi connectivity index (χ3v) is 4.20. The normalized spacial score (nSPS) is 29.7. The molecule has 0 radical (unpaired) electrons. The fraction of sp³-hybridized carbons (Fsp3) is 0.692. The minimum Gasteiger partial charge on any atom is -0.396 e. The van der Waals surface area contributed by atoms with Crippen LogP contribution in [0.15, 0.2) is 4.79 Å². The summed E-state index contributed by atoms with van der Waals surface area (Å²) in [5, 5.41) is 8.98. The van der Waals surface area contributed by atoms with Gasteiger partial charge in [-0.2, -0.15) is 0 Å². The minimum absolute atomic E-state index is 0.0196. The Labute approximate surface area is 112 Å². The summed E-state index contributed by atoms with van der Waals surface area (Å²) in [5.74, 6) is 0.772. The van der Waals surface area contributed by atoms with Gasteiger partial charge in [0.15, 0.2) is 0 Å². The lowest BCUT2D eigenvalue weighted by atomic mass is 10.1. The van der Waals surface area contributed by atoms with Gasteiger partial charge in [-0.1, -0.05) is 0 Å². The maximum Gasteiger partial charge on any atom is 0.254 e. The predicted octanol–water partition coefficient (Wildman–Crippen LogP) is -0.715. The maximum atomic E-state index is 12.1. The highest BCUT2D eigenvalue weighted by Crippen LogP contribution is 2.26. The van der Waals surface area contributed by atoms with Crippen molar-refractivity contribution < 1.29 is 5.11 Å². The number of aryl methyl sites for hydroxylation is 1. The molecule has 4 heterocycles. The third-order valence-electron chi connectivity index (χ3n) is 4.20. The molecule has 6 heteroatoms. The van der Waals surface area contributed by atoms with Gasteiger partial charge in [-0.15, -0.1) is 0 Å². The molecule has 1 atom stereocenters. The Kier molecular flexibility index (Phi) is 3.38. The smallest absolute Gasteiger partial charge is 0.254 e. The largest absolute Gasteiger partial charge is 0.396 e. The SMILES string of the molecule is Cc1nc(C2CN3CCN2CC3)[nH]c(=O)c1CCO. The number of fused-ring (bicyclic) bond motifs is 3. The van der Waals surface area contributed by atoms with Crippen molar-refractivity contribution in [2.75, 3.05) is 39.3 Å². The van der Waals surface area contributed by atoms with Crippen LogP contribution in [0.4, 0.5) is 0 Å². The van der Waals surface area contributed by atoms with E-state index >= 15 is 0 Å². The van der Waals surface area contributed by atoms with Gasteiger partial charge in [0.05, 0.1) is 6.04 Å². The van der Waals surface area contributed by atoms with E-state index in [-0.39, 0.29) is 18.2 Å². The quantitative estimate of drug-likeness (QED) is 0.754. The van der Waals surface area contributed by atoms with Gasteiger partial charge in [0.1, 0.15) is 5.82 Å². The molecule has 0 aliphatic carbocycles. The van der Waals surface area contributed by atoms with Crippen molar-refractivity contribution in [1.82, 2.24) is 19.8 Å². The van der Waals surface area contributed by atoms with Crippen LogP contribution < -0.4 is 5.56 Å². The van der Waals surface area contributed by atoms with Gasteiger partial charge in [-0.05, 0) is 6.92 Å². The lowest BCUT2D eigenvalue weighted by molar-refractivity contribution is 0.00846. The number of nitrogens with one attached hydrogen (secondary N) is 1. The molecule has 0 spiro atoms. The number of H-pyrrole nitrogens is 1. The first kappa shape index (κ1) is 12.8. The topological polar surface area (TPSA) is 72.5 Å². The summed E-state index contributed by atoms with van der Waals surface area (Å²) in [6, 6.07) is 0.206. The van der Waals surface area contributed by atoms with Gasteiger partial charge in [0.25, 0.3) is 5.56 Å². The molecule has 0 aromatic carbocycles. The fourth-order valence-corrected chi connectivity index (χ4v) is 3.07. The summed E-state index contributed by atoms with van der Waals surface area (Å²) in [6.45, 7) is 7.10. The van der Waals surface area contributed by atoms with E-state index in [1.807, 2.05) is 6.92 Å². The maximum absolute atomic E-state index is 12.1. The van der Waals surface area contributed by atoms with Crippen molar-refractivity contribution in [2.24, 2.45) is 0 Å². The first-order chi connectivity index (χ1) is 9.19. The molecule has 3 aliphatic heterocycles. The van der Waals surface area contributed by atoms with E-state index in [0.717, 1.165) is 44.2 Å². The number of aliphatic hydroxyl groups is 1. The molecule has 3 fully saturated rings. The standard InChI is InChI=1S/C13H20N4O2/c1-9-10(2-7-18)13(19)15-12(14-9)11-8-16-3-5-17(11)6-4-16/h11,18H,2-8H2,1H3,(H,14,15,19). The van der Waals surface area contributed by atoms with Crippen molar-refractivity contribution in [3.05, 3.63) is 27.4 Å². The van der Waals surface area contributed by atoms with E-state index < -0.39 is 0 Å². The highest BCUT2D eigenvalue weighted by molar-refractivity contribution is 5.18. The van der Waals surface area contributed by atoms with E-state index in [0.29, 0.717) is 12.0 Å². The molecule has 3 saturated heterocycles. The Morgan fingerprint density at radius 2 is 2.11 bits per heavy atom. The van der Waals surface area contributed by atoms with E-state index in [4.69, 9.17) is 5.11 Å². The van der Waals surface area contributed by atoms with Crippen LogP contribution in [0.1, 0.15) is 23.1 Å². The van der Waals surface area contributed by atoms with E-state index in [1.165, 1.54) is 0 Å². The zero-order valence-electron chi connectivity index (χ0n) is 11.2. The molecule has 1 aromatic heterocycles. The van der Waals surface area contributed by atoms with Crippen molar-refractivity contribution in [3.8, 4) is 0 Å². The fourth-order valence-electron chi connectivity index (χ4n) is 3.07. The summed E-state index contributed by atoms with van der Waals surface area (Å²) >= 11 is 0. The van der Waals surface area contributed by atoms with Gasteiger partial charge in [0.2, 0.25) is 0 Å². The van der Waals surface area contributed by atoms with Crippen LogP contribution in [-0.2, 0) is 6.42 Å². The molecule has 6 nitrogen and oxygen atoms in total. The zero-order chi connectivity index (χ0) is 13.4. The van der Waals surface area contributed by atoms with Crippen molar-refractivity contribution in [3.63, 3.8) is 0 Å². The first-order valence-electron chi connectivity index (χ1n) is 6.86. The van der Waals surface area contributed by atoms with Gasteiger partial charge in [0, 0.05) is 57.0 Å². The highest BCUT2D eigenvalue weighted by Gasteiger charge is 2.34. The summed E-state index contributed by atoms with van der Waals surface area (Å²) in [5.41, 5.74) is 1.24. The number of aromatic amines is 1. The molecule has 4 rings (SSSR count). The highest BCUT2D eigenvalue weighted by atomic mass is 16.3. The number of aromatic nitrogens is 2. The molecular weight excluding hydrogens is 244 g/mol. The second kappa shape index (κ2) is 5.03. The van der Waals surface area contributed by atoms with Crippen LogP contribution >= 0.6 is 0 Å². The minimum atomic E-state index is -0.103. The van der Waals surface area contributed by atoms with E-state index in [9.17, 15) is 4.79 Å². The number of piperazine rings is 3. The molecular formula is C13H20N4O2. The van der Waals surface area contributed by atoms with Crippen LogP contribution in [0.2, 0.25) is 0 Å². The van der Waals surface area contributed by atoms with Crippen LogP contribution in [0.5, 0.6) is 0 Å². The Bertz CT molecular complexity index is 520. The van der Waals surface area contributed by atoms with Crippen LogP contribution in [-0.4, -0.2) is 64.2 Å². The molecule has 1 aromatic rings. The molecule has 19 heavy (non-hydrogen) atoms. The van der Waals surface area contributed by atoms with Crippen molar-refractivity contribution >= 4 is 0 Å². The Hall–Kier alpha value is -1.24. The number of nitrogens with zero attached hydrogens (tertiary/aromatic N) is 3. The summed E-state index contributed by atoms with van der Waals surface area (Å²) in [4.78, 5) is 24.3. The van der Waals surface area contributed by atoms with Crippen molar-refractivity contribution in [2.45, 2.75) is 19.4 Å². The van der Waals surface area contributed by atoms with Crippen molar-refractivity contribution in [1.29, 1.82) is 0 Å². The average Bonchev–Trinajstić information content (AvgIpc) is 2.44. The second-order valence-electron chi connectivity index (χ2n) is 5.34.